The van der Waals surface area contributed by atoms with Crippen molar-refractivity contribution in [1.29, 1.82) is 0 Å². The molecule has 180 valence electrons. The van der Waals surface area contributed by atoms with E-state index in [1.165, 1.54) is 4.90 Å². The number of likely N-dealkylation sites (tertiary alicyclic amines) is 1. The molecule has 2 aromatic carbocycles. The number of Topliss-reactive ketones (excluding diaryl/α,β-unsaturated/α-hetero) is 1. The summed E-state index contributed by atoms with van der Waals surface area (Å²) < 4.78 is 5.73. The van der Waals surface area contributed by atoms with E-state index in [0.717, 1.165) is 40.8 Å². The highest BCUT2D eigenvalue weighted by Crippen LogP contribution is 2.50. The van der Waals surface area contributed by atoms with Gasteiger partial charge in [0.2, 0.25) is 11.8 Å². The van der Waals surface area contributed by atoms with E-state index < -0.39 is 17.9 Å². The second-order valence-corrected chi connectivity index (χ2v) is 10.4. The molecule has 0 radical (unpaired) electrons. The van der Waals surface area contributed by atoms with Gasteiger partial charge >= 0.3 is 0 Å². The van der Waals surface area contributed by atoms with Gasteiger partial charge in [0.25, 0.3) is 0 Å². The van der Waals surface area contributed by atoms with E-state index in [0.29, 0.717) is 12.2 Å². The highest BCUT2D eigenvalue weighted by molar-refractivity contribution is 6.14. The van der Waals surface area contributed by atoms with Crippen molar-refractivity contribution in [3.8, 4) is 0 Å². The van der Waals surface area contributed by atoms with Crippen molar-refractivity contribution < 1.29 is 19.1 Å². The molecule has 0 N–H and O–H groups in total. The number of fused-ring (bicyclic) bond motifs is 5. The molecule has 35 heavy (non-hydrogen) atoms. The Balaban J connectivity index is 1.46. The minimum absolute atomic E-state index is 0.109. The molecule has 4 aliphatic heterocycles. The monoisotopic (exact) mass is 470 g/mol. The fourth-order valence-corrected chi connectivity index (χ4v) is 6.38. The van der Waals surface area contributed by atoms with Crippen molar-refractivity contribution in [2.45, 2.75) is 51.8 Å². The molecule has 3 fully saturated rings. The molecule has 5 atom stereocenters. The van der Waals surface area contributed by atoms with Gasteiger partial charge in [0.15, 0.2) is 5.78 Å². The SMILES string of the molecule is CC1=C[C@@H]2[C@H]3C(=O)N(C[C@@H]4CCCO4)C(=O)[C@H]3[C@@H](C(=O)c3ccc(C)cc3)N2c2ccc(C)cc21. The first kappa shape index (κ1) is 22.2. The molecule has 6 nitrogen and oxygen atoms in total. The van der Waals surface area contributed by atoms with Gasteiger partial charge in [-0.15, -0.1) is 0 Å². The van der Waals surface area contributed by atoms with Crippen molar-refractivity contribution >= 4 is 28.9 Å². The van der Waals surface area contributed by atoms with Crippen LogP contribution in [-0.2, 0) is 14.3 Å². The van der Waals surface area contributed by atoms with Crippen LogP contribution < -0.4 is 4.90 Å². The van der Waals surface area contributed by atoms with Crippen LogP contribution >= 0.6 is 0 Å². The van der Waals surface area contributed by atoms with Crippen molar-refractivity contribution in [3.05, 3.63) is 70.8 Å². The first-order chi connectivity index (χ1) is 16.8. The number of anilines is 1. The van der Waals surface area contributed by atoms with Crippen LogP contribution in [0.15, 0.2) is 48.5 Å². The predicted molar refractivity (Wildman–Crippen MR) is 133 cm³/mol. The van der Waals surface area contributed by atoms with Gasteiger partial charge in [-0.3, -0.25) is 19.3 Å². The summed E-state index contributed by atoms with van der Waals surface area (Å²) in [7, 11) is 0. The quantitative estimate of drug-likeness (QED) is 0.500. The Morgan fingerprint density at radius 2 is 1.69 bits per heavy atom. The van der Waals surface area contributed by atoms with Crippen LogP contribution in [0.25, 0.3) is 5.57 Å². The average Bonchev–Trinajstić information content (AvgIpc) is 3.53. The summed E-state index contributed by atoms with van der Waals surface area (Å²) in [6.45, 7) is 7.02. The Morgan fingerprint density at radius 3 is 2.40 bits per heavy atom. The Labute approximate surface area is 205 Å². The number of aryl methyl sites for hydroxylation is 2. The summed E-state index contributed by atoms with van der Waals surface area (Å²) in [5, 5.41) is 0. The lowest BCUT2D eigenvalue weighted by Crippen LogP contribution is -2.50. The summed E-state index contributed by atoms with van der Waals surface area (Å²) in [4.78, 5) is 45.1. The van der Waals surface area contributed by atoms with Crippen LogP contribution in [0, 0.1) is 25.7 Å². The number of ketones is 1. The van der Waals surface area contributed by atoms with Crippen LogP contribution in [0.1, 0.15) is 46.8 Å². The fourth-order valence-electron chi connectivity index (χ4n) is 6.38. The van der Waals surface area contributed by atoms with Crippen LogP contribution in [-0.4, -0.2) is 53.8 Å². The summed E-state index contributed by atoms with van der Waals surface area (Å²) in [5.41, 5.74) is 5.81. The molecule has 2 aromatic rings. The van der Waals surface area contributed by atoms with Crippen LogP contribution in [0.2, 0.25) is 0 Å². The Kier molecular flexibility index (Phi) is 5.18. The van der Waals surface area contributed by atoms with E-state index in [1.807, 2.05) is 57.2 Å². The van der Waals surface area contributed by atoms with Crippen molar-refractivity contribution in [1.82, 2.24) is 4.90 Å². The third kappa shape index (κ3) is 3.38. The molecule has 6 heteroatoms. The topological polar surface area (TPSA) is 66.9 Å². The van der Waals surface area contributed by atoms with E-state index in [2.05, 4.69) is 17.0 Å². The van der Waals surface area contributed by atoms with E-state index in [1.54, 1.807) is 0 Å². The van der Waals surface area contributed by atoms with Crippen molar-refractivity contribution in [2.24, 2.45) is 11.8 Å². The average molecular weight is 471 g/mol. The van der Waals surface area contributed by atoms with Gasteiger partial charge in [-0.25, -0.2) is 0 Å². The molecule has 0 aromatic heterocycles. The van der Waals surface area contributed by atoms with Gasteiger partial charge < -0.3 is 9.64 Å². The Bertz CT molecular complexity index is 1260. The lowest BCUT2D eigenvalue weighted by atomic mass is 9.85. The van der Waals surface area contributed by atoms with Gasteiger partial charge in [0, 0.05) is 23.4 Å². The molecule has 0 aliphatic carbocycles. The predicted octanol–water partition coefficient (Wildman–Crippen LogP) is 3.94. The number of carbonyl (C=O) groups excluding carboxylic acids is 3. The minimum Gasteiger partial charge on any atom is -0.376 e. The van der Waals surface area contributed by atoms with Gasteiger partial charge in [0.1, 0.15) is 6.04 Å². The highest BCUT2D eigenvalue weighted by Gasteiger charge is 2.64. The summed E-state index contributed by atoms with van der Waals surface area (Å²) >= 11 is 0. The smallest absolute Gasteiger partial charge is 0.235 e. The number of allylic oxidation sites excluding steroid dienone is 1. The van der Waals surface area contributed by atoms with Gasteiger partial charge in [-0.1, -0.05) is 47.5 Å². The van der Waals surface area contributed by atoms with Crippen LogP contribution in [0.3, 0.4) is 0 Å². The number of benzene rings is 2. The number of carbonyl (C=O) groups is 3. The number of nitrogens with zero attached hydrogens (tertiary/aromatic N) is 2. The Hall–Kier alpha value is -3.25. The first-order valence-corrected chi connectivity index (χ1v) is 12.5. The zero-order valence-electron chi connectivity index (χ0n) is 20.4. The molecule has 4 heterocycles. The first-order valence-electron chi connectivity index (χ1n) is 12.5. The molecule has 0 spiro atoms. The second kappa shape index (κ2) is 8.16. The Morgan fingerprint density at radius 1 is 0.971 bits per heavy atom. The largest absolute Gasteiger partial charge is 0.376 e. The molecular formula is C29H30N2O4. The van der Waals surface area contributed by atoms with Gasteiger partial charge in [-0.2, -0.15) is 0 Å². The normalized spacial score (nSPS) is 29.2. The number of hydrogen-bond acceptors (Lipinski definition) is 5. The maximum atomic E-state index is 14.0. The van der Waals surface area contributed by atoms with Crippen LogP contribution in [0.5, 0.6) is 0 Å². The molecule has 0 bridgehead atoms. The molecule has 6 rings (SSSR count). The summed E-state index contributed by atoms with van der Waals surface area (Å²) in [6.07, 6.45) is 3.76. The van der Waals surface area contributed by atoms with Crippen molar-refractivity contribution in [3.63, 3.8) is 0 Å². The number of hydrogen-bond donors (Lipinski definition) is 0. The van der Waals surface area contributed by atoms with Crippen LogP contribution in [0.4, 0.5) is 5.69 Å². The van der Waals surface area contributed by atoms with Gasteiger partial charge in [0.05, 0.1) is 30.5 Å². The van der Waals surface area contributed by atoms with E-state index in [4.69, 9.17) is 4.74 Å². The minimum atomic E-state index is -0.732. The zero-order valence-corrected chi connectivity index (χ0v) is 20.4. The summed E-state index contributed by atoms with van der Waals surface area (Å²) in [6, 6.07) is 12.6. The number of imide groups is 1. The number of rotatable bonds is 4. The molecule has 0 saturated carbocycles. The lowest BCUT2D eigenvalue weighted by Gasteiger charge is -2.38. The third-order valence-corrected chi connectivity index (χ3v) is 8.11. The zero-order chi connectivity index (χ0) is 24.4. The van der Waals surface area contributed by atoms with E-state index in [-0.39, 0.29) is 36.3 Å². The molecular weight excluding hydrogens is 440 g/mol. The lowest BCUT2D eigenvalue weighted by molar-refractivity contribution is -0.142. The van der Waals surface area contributed by atoms with E-state index >= 15 is 0 Å². The van der Waals surface area contributed by atoms with E-state index in [9.17, 15) is 14.4 Å². The molecule has 2 amide bonds. The molecule has 3 saturated heterocycles. The third-order valence-electron chi connectivity index (χ3n) is 8.11. The highest BCUT2D eigenvalue weighted by atomic mass is 16.5. The molecule has 0 unspecified atom stereocenters. The standard InChI is InChI=1S/C29H30N2O4/c1-16-6-9-19(10-7-16)27(32)26-25-24(28(33)30(29(25)34)15-20-5-4-12-35-20)23-14-18(3)21-13-17(2)8-11-22(21)31(23)26/h6-11,13-14,20,23-26H,4-5,12,15H2,1-3H3/t20-,23+,24+,25+,26-/m0/s1. The van der Waals surface area contributed by atoms with Crippen molar-refractivity contribution in [2.75, 3.05) is 18.1 Å². The maximum absolute atomic E-state index is 14.0. The maximum Gasteiger partial charge on any atom is 0.235 e. The molecule has 4 aliphatic rings. The fraction of sp³-hybridized carbons (Fsp3) is 0.414. The number of ether oxygens (including phenoxy) is 1. The van der Waals surface area contributed by atoms with Gasteiger partial charge in [-0.05, 0) is 51.3 Å². The summed E-state index contributed by atoms with van der Waals surface area (Å²) in [5.74, 6) is -1.81. The number of amides is 2. The second-order valence-electron chi connectivity index (χ2n) is 10.4.